The van der Waals surface area contributed by atoms with Crippen molar-refractivity contribution in [1.29, 1.82) is 5.26 Å². The molecule has 0 unspecified atom stereocenters. The molecular weight excluding hydrogens is 300 g/mol. The molecule has 1 aliphatic heterocycles. The van der Waals surface area contributed by atoms with Crippen molar-refractivity contribution in [1.82, 2.24) is 10.2 Å². The largest absolute Gasteiger partial charge is 0.368 e. The van der Waals surface area contributed by atoms with Crippen molar-refractivity contribution in [2.75, 3.05) is 44.2 Å². The van der Waals surface area contributed by atoms with Crippen LogP contribution in [-0.4, -0.2) is 50.1 Å². The average molecular weight is 319 g/mol. The molecule has 1 N–H and O–H groups in total. The molecule has 116 valence electrons. The lowest BCUT2D eigenvalue weighted by atomic mass is 10.1. The number of nitriles is 1. The van der Waals surface area contributed by atoms with Crippen LogP contribution in [0.2, 0.25) is 5.02 Å². The number of anilines is 1. The molecule has 1 fully saturated rings. The minimum atomic E-state index is 0.00817. The van der Waals surface area contributed by atoms with Crippen LogP contribution in [0, 0.1) is 11.3 Å². The molecule has 0 saturated carbocycles. The minimum absolute atomic E-state index is 0.00817. The SMILES string of the molecule is C=CCNC(=O)CN1CCN(c2cccc(Cl)c2C#N)CC1. The van der Waals surface area contributed by atoms with Gasteiger partial charge in [-0.15, -0.1) is 6.58 Å². The van der Waals surface area contributed by atoms with Crippen molar-refractivity contribution in [2.45, 2.75) is 0 Å². The smallest absolute Gasteiger partial charge is 0.234 e. The first-order chi connectivity index (χ1) is 10.7. The Bertz CT molecular complexity index is 588. The Morgan fingerprint density at radius 3 is 2.77 bits per heavy atom. The molecule has 1 aromatic rings. The maximum atomic E-state index is 11.7. The van der Waals surface area contributed by atoms with Crippen LogP contribution in [0.4, 0.5) is 5.69 Å². The van der Waals surface area contributed by atoms with Crippen molar-refractivity contribution < 1.29 is 4.79 Å². The third-order valence-electron chi connectivity index (χ3n) is 3.63. The van der Waals surface area contributed by atoms with Crippen LogP contribution < -0.4 is 10.2 Å². The van der Waals surface area contributed by atoms with Gasteiger partial charge in [0, 0.05) is 32.7 Å². The summed E-state index contributed by atoms with van der Waals surface area (Å²) in [6.45, 7) is 7.55. The van der Waals surface area contributed by atoms with Crippen LogP contribution in [0.5, 0.6) is 0 Å². The molecule has 0 bridgehead atoms. The van der Waals surface area contributed by atoms with E-state index >= 15 is 0 Å². The van der Waals surface area contributed by atoms with Crippen molar-refractivity contribution >= 4 is 23.2 Å². The van der Waals surface area contributed by atoms with Crippen LogP contribution >= 0.6 is 11.6 Å². The Hall–Kier alpha value is -2.03. The predicted octanol–water partition coefficient (Wildman–Crippen LogP) is 1.64. The number of nitrogens with zero attached hydrogens (tertiary/aromatic N) is 3. The molecule has 1 saturated heterocycles. The molecule has 0 atom stereocenters. The number of halogens is 1. The number of hydrogen-bond donors (Lipinski definition) is 1. The van der Waals surface area contributed by atoms with E-state index in [9.17, 15) is 10.1 Å². The summed E-state index contributed by atoms with van der Waals surface area (Å²) in [5.41, 5.74) is 1.38. The van der Waals surface area contributed by atoms with Crippen molar-refractivity contribution in [3.8, 4) is 6.07 Å². The van der Waals surface area contributed by atoms with Crippen molar-refractivity contribution in [3.63, 3.8) is 0 Å². The van der Waals surface area contributed by atoms with Crippen molar-refractivity contribution in [3.05, 3.63) is 41.4 Å². The van der Waals surface area contributed by atoms with Gasteiger partial charge in [-0.05, 0) is 12.1 Å². The fraction of sp³-hybridized carbons (Fsp3) is 0.375. The second-order valence-electron chi connectivity index (χ2n) is 5.10. The molecular formula is C16H19ClN4O. The zero-order valence-corrected chi connectivity index (χ0v) is 13.1. The Balaban J connectivity index is 1.93. The van der Waals surface area contributed by atoms with E-state index in [2.05, 4.69) is 27.8 Å². The van der Waals surface area contributed by atoms with Gasteiger partial charge in [0.05, 0.1) is 22.8 Å². The number of piperazine rings is 1. The van der Waals surface area contributed by atoms with Gasteiger partial charge in [0.25, 0.3) is 0 Å². The topological polar surface area (TPSA) is 59.4 Å². The van der Waals surface area contributed by atoms with Crippen LogP contribution in [0.1, 0.15) is 5.56 Å². The van der Waals surface area contributed by atoms with Gasteiger partial charge in [0.1, 0.15) is 6.07 Å². The Labute approximate surface area is 135 Å². The molecule has 0 aliphatic carbocycles. The van der Waals surface area contributed by atoms with E-state index in [0.717, 1.165) is 31.9 Å². The summed E-state index contributed by atoms with van der Waals surface area (Å²) in [6.07, 6.45) is 1.67. The van der Waals surface area contributed by atoms with Gasteiger partial charge in [-0.1, -0.05) is 23.7 Å². The maximum Gasteiger partial charge on any atom is 0.234 e. The molecule has 1 amide bonds. The molecule has 2 rings (SSSR count). The van der Waals surface area contributed by atoms with Gasteiger partial charge in [0.2, 0.25) is 5.91 Å². The number of benzene rings is 1. The average Bonchev–Trinajstić information content (AvgIpc) is 2.53. The number of carbonyl (C=O) groups excluding carboxylic acids is 1. The third-order valence-corrected chi connectivity index (χ3v) is 3.94. The molecule has 1 aromatic carbocycles. The zero-order valence-electron chi connectivity index (χ0n) is 12.4. The Kier molecular flexibility index (Phi) is 5.82. The summed E-state index contributed by atoms with van der Waals surface area (Å²) in [4.78, 5) is 15.9. The number of hydrogen-bond acceptors (Lipinski definition) is 4. The fourth-order valence-electron chi connectivity index (χ4n) is 2.48. The summed E-state index contributed by atoms with van der Waals surface area (Å²) >= 11 is 6.07. The molecule has 5 nitrogen and oxygen atoms in total. The van der Waals surface area contributed by atoms with Crippen molar-refractivity contribution in [2.24, 2.45) is 0 Å². The van der Waals surface area contributed by atoms with Gasteiger partial charge in [-0.3, -0.25) is 9.69 Å². The summed E-state index contributed by atoms with van der Waals surface area (Å²) in [7, 11) is 0. The highest BCUT2D eigenvalue weighted by molar-refractivity contribution is 6.32. The number of amides is 1. The summed E-state index contributed by atoms with van der Waals surface area (Å²) in [6, 6.07) is 7.66. The lowest BCUT2D eigenvalue weighted by Gasteiger charge is -2.36. The maximum absolute atomic E-state index is 11.7. The second kappa shape index (κ2) is 7.83. The van der Waals surface area contributed by atoms with E-state index in [1.54, 1.807) is 12.1 Å². The zero-order chi connectivity index (χ0) is 15.9. The first kappa shape index (κ1) is 16.3. The monoisotopic (exact) mass is 318 g/mol. The van der Waals surface area contributed by atoms with Gasteiger partial charge in [-0.2, -0.15) is 5.26 Å². The normalized spacial score (nSPS) is 15.2. The standard InChI is InChI=1S/C16H19ClN4O/c1-2-6-19-16(22)12-20-7-9-21(10-8-20)15-5-3-4-14(17)13(15)11-18/h2-5H,1,6-10,12H2,(H,19,22). The molecule has 1 heterocycles. The van der Waals surface area contributed by atoms with E-state index in [4.69, 9.17) is 11.6 Å². The molecule has 1 aliphatic rings. The predicted molar refractivity (Wildman–Crippen MR) is 88.0 cm³/mol. The number of nitrogens with one attached hydrogen (secondary N) is 1. The molecule has 0 radical (unpaired) electrons. The summed E-state index contributed by atoms with van der Waals surface area (Å²) in [5.74, 6) is 0.00817. The van der Waals surface area contributed by atoms with Crippen LogP contribution in [0.25, 0.3) is 0 Å². The third kappa shape index (κ3) is 4.00. The van der Waals surface area contributed by atoms with Crippen LogP contribution in [0.15, 0.2) is 30.9 Å². The number of carbonyl (C=O) groups is 1. The Morgan fingerprint density at radius 1 is 1.41 bits per heavy atom. The summed E-state index contributed by atoms with van der Waals surface area (Å²) < 4.78 is 0. The van der Waals surface area contributed by atoms with E-state index in [1.807, 2.05) is 12.1 Å². The van der Waals surface area contributed by atoms with Gasteiger partial charge in [0.15, 0.2) is 0 Å². The highest BCUT2D eigenvalue weighted by Crippen LogP contribution is 2.27. The van der Waals surface area contributed by atoms with Gasteiger partial charge >= 0.3 is 0 Å². The first-order valence-corrected chi connectivity index (χ1v) is 7.57. The minimum Gasteiger partial charge on any atom is -0.368 e. The highest BCUT2D eigenvalue weighted by Gasteiger charge is 2.21. The number of rotatable bonds is 5. The lowest BCUT2D eigenvalue weighted by Crippen LogP contribution is -2.49. The van der Waals surface area contributed by atoms with Gasteiger partial charge in [-0.25, -0.2) is 0 Å². The van der Waals surface area contributed by atoms with Gasteiger partial charge < -0.3 is 10.2 Å². The molecule has 0 aromatic heterocycles. The summed E-state index contributed by atoms with van der Waals surface area (Å²) in [5, 5.41) is 12.5. The molecule has 22 heavy (non-hydrogen) atoms. The second-order valence-corrected chi connectivity index (χ2v) is 5.51. The van der Waals surface area contributed by atoms with E-state index in [0.29, 0.717) is 23.7 Å². The fourth-order valence-corrected chi connectivity index (χ4v) is 2.69. The van der Waals surface area contributed by atoms with Crippen LogP contribution in [0.3, 0.4) is 0 Å². The molecule has 6 heteroatoms. The highest BCUT2D eigenvalue weighted by atomic mass is 35.5. The molecule has 0 spiro atoms. The van der Waals surface area contributed by atoms with Crippen LogP contribution in [-0.2, 0) is 4.79 Å². The Morgan fingerprint density at radius 2 is 2.14 bits per heavy atom. The van der Waals surface area contributed by atoms with E-state index in [1.165, 1.54) is 0 Å². The lowest BCUT2D eigenvalue weighted by molar-refractivity contribution is -0.122. The van der Waals surface area contributed by atoms with E-state index < -0.39 is 0 Å². The first-order valence-electron chi connectivity index (χ1n) is 7.19. The van der Waals surface area contributed by atoms with E-state index in [-0.39, 0.29) is 5.91 Å². The quantitative estimate of drug-likeness (QED) is 0.838.